The second kappa shape index (κ2) is 6.12. The predicted molar refractivity (Wildman–Crippen MR) is 68.6 cm³/mol. The lowest BCUT2D eigenvalue weighted by atomic mass is 9.96. The zero-order chi connectivity index (χ0) is 12.1. The first kappa shape index (κ1) is 12.5. The van der Waals surface area contributed by atoms with Crippen LogP contribution in [0, 0.1) is 0 Å². The fraction of sp³-hybridized carbons (Fsp3) is 0.643. The Kier molecular flexibility index (Phi) is 4.51. The van der Waals surface area contributed by atoms with Gasteiger partial charge >= 0.3 is 0 Å². The number of pyridine rings is 1. The summed E-state index contributed by atoms with van der Waals surface area (Å²) >= 11 is 0. The Labute approximate surface area is 104 Å². The van der Waals surface area contributed by atoms with Crippen molar-refractivity contribution in [3.8, 4) is 0 Å². The Balaban J connectivity index is 1.82. The second-order valence-corrected chi connectivity index (χ2v) is 5.02. The molecule has 1 aliphatic rings. The number of hydrogen-bond acceptors (Lipinski definition) is 3. The molecule has 94 valence electrons. The lowest BCUT2D eigenvalue weighted by Gasteiger charge is -2.25. The van der Waals surface area contributed by atoms with Crippen molar-refractivity contribution >= 4 is 0 Å². The Bertz CT molecular complexity index is 348. The van der Waals surface area contributed by atoms with Crippen molar-refractivity contribution in [3.63, 3.8) is 0 Å². The van der Waals surface area contributed by atoms with Crippen molar-refractivity contribution in [2.75, 3.05) is 0 Å². The first-order chi connectivity index (χ1) is 8.24. The summed E-state index contributed by atoms with van der Waals surface area (Å²) in [6.07, 6.45) is 4.23. The molecule has 0 aliphatic heterocycles. The molecule has 1 aromatic heterocycles. The minimum absolute atomic E-state index is 0.481. The Morgan fingerprint density at radius 3 is 2.76 bits per heavy atom. The minimum Gasteiger partial charge on any atom is -0.372 e. The summed E-state index contributed by atoms with van der Waals surface area (Å²) in [5, 5.41) is 3.37. The monoisotopic (exact) mass is 234 g/mol. The summed E-state index contributed by atoms with van der Waals surface area (Å²) in [6, 6.07) is 6.65. The number of rotatable bonds is 6. The quantitative estimate of drug-likeness (QED) is 0.821. The molecular formula is C14H22N2O. The number of aromatic nitrogens is 1. The fourth-order valence-corrected chi connectivity index (χ4v) is 1.76. The van der Waals surface area contributed by atoms with E-state index < -0.39 is 0 Å². The highest BCUT2D eigenvalue weighted by Crippen LogP contribution is 2.22. The molecule has 0 aromatic carbocycles. The van der Waals surface area contributed by atoms with Gasteiger partial charge in [-0.05, 0) is 31.4 Å². The second-order valence-electron chi connectivity index (χ2n) is 5.02. The van der Waals surface area contributed by atoms with Gasteiger partial charge in [0.15, 0.2) is 0 Å². The fourth-order valence-electron chi connectivity index (χ4n) is 1.76. The van der Waals surface area contributed by atoms with Crippen molar-refractivity contribution in [3.05, 3.63) is 29.6 Å². The van der Waals surface area contributed by atoms with Crippen LogP contribution >= 0.6 is 0 Å². The molecule has 2 rings (SSSR count). The maximum atomic E-state index is 5.76. The third-order valence-corrected chi connectivity index (χ3v) is 3.07. The predicted octanol–water partition coefficient (Wildman–Crippen LogP) is 2.65. The van der Waals surface area contributed by atoms with Crippen molar-refractivity contribution in [1.82, 2.24) is 10.3 Å². The molecule has 3 nitrogen and oxygen atoms in total. The van der Waals surface area contributed by atoms with Crippen LogP contribution in [0.25, 0.3) is 0 Å². The van der Waals surface area contributed by atoms with E-state index in [-0.39, 0.29) is 0 Å². The Hall–Kier alpha value is -0.930. The molecule has 1 heterocycles. The van der Waals surface area contributed by atoms with Crippen LogP contribution in [-0.4, -0.2) is 17.1 Å². The summed E-state index contributed by atoms with van der Waals surface area (Å²) in [6.45, 7) is 5.77. The molecular weight excluding hydrogens is 212 g/mol. The van der Waals surface area contributed by atoms with E-state index in [0.29, 0.717) is 18.8 Å². The van der Waals surface area contributed by atoms with Gasteiger partial charge in [0.1, 0.15) is 0 Å². The van der Waals surface area contributed by atoms with E-state index >= 15 is 0 Å². The Morgan fingerprint density at radius 2 is 2.12 bits per heavy atom. The molecule has 3 heteroatoms. The molecule has 0 bridgehead atoms. The standard InChI is InChI=1S/C14H22N2O/c1-11(2)15-9-12-5-3-6-13(16-12)10-17-14-7-4-8-14/h3,5-6,11,14-15H,4,7-10H2,1-2H3. The summed E-state index contributed by atoms with van der Waals surface area (Å²) in [4.78, 5) is 4.59. The van der Waals surface area contributed by atoms with Crippen LogP contribution in [0.3, 0.4) is 0 Å². The maximum absolute atomic E-state index is 5.76. The average Bonchev–Trinajstić information content (AvgIpc) is 2.25. The van der Waals surface area contributed by atoms with Gasteiger partial charge in [0.05, 0.1) is 24.1 Å². The molecule has 1 aromatic rings. The van der Waals surface area contributed by atoms with Gasteiger partial charge in [-0.25, -0.2) is 0 Å². The van der Waals surface area contributed by atoms with E-state index in [0.717, 1.165) is 17.9 Å². The van der Waals surface area contributed by atoms with Crippen LogP contribution in [0.4, 0.5) is 0 Å². The van der Waals surface area contributed by atoms with E-state index in [1.54, 1.807) is 0 Å². The van der Waals surface area contributed by atoms with Crippen LogP contribution in [0.5, 0.6) is 0 Å². The molecule has 0 unspecified atom stereocenters. The number of ether oxygens (including phenoxy) is 1. The first-order valence-corrected chi connectivity index (χ1v) is 6.54. The van der Waals surface area contributed by atoms with Crippen molar-refractivity contribution < 1.29 is 4.74 Å². The highest BCUT2D eigenvalue weighted by atomic mass is 16.5. The average molecular weight is 234 g/mol. The zero-order valence-electron chi connectivity index (χ0n) is 10.8. The van der Waals surface area contributed by atoms with Crippen LogP contribution in [0.15, 0.2) is 18.2 Å². The normalized spacial score (nSPS) is 16.2. The van der Waals surface area contributed by atoms with Gasteiger partial charge in [0.2, 0.25) is 0 Å². The molecule has 0 atom stereocenters. The molecule has 0 saturated heterocycles. The van der Waals surface area contributed by atoms with Gasteiger partial charge in [0, 0.05) is 12.6 Å². The van der Waals surface area contributed by atoms with Crippen LogP contribution in [0.1, 0.15) is 44.5 Å². The van der Waals surface area contributed by atoms with Crippen LogP contribution in [0.2, 0.25) is 0 Å². The SMILES string of the molecule is CC(C)NCc1cccc(COC2CCC2)n1. The molecule has 1 saturated carbocycles. The van der Waals surface area contributed by atoms with Gasteiger partial charge in [-0.1, -0.05) is 19.9 Å². The third kappa shape index (κ3) is 4.10. The lowest BCUT2D eigenvalue weighted by molar-refractivity contribution is -0.0101. The number of nitrogens with zero attached hydrogens (tertiary/aromatic N) is 1. The summed E-state index contributed by atoms with van der Waals surface area (Å²) in [7, 11) is 0. The van der Waals surface area contributed by atoms with Crippen molar-refractivity contribution in [1.29, 1.82) is 0 Å². The molecule has 17 heavy (non-hydrogen) atoms. The molecule has 0 spiro atoms. The topological polar surface area (TPSA) is 34.1 Å². The van der Waals surface area contributed by atoms with Gasteiger partial charge in [-0.15, -0.1) is 0 Å². The maximum Gasteiger partial charge on any atom is 0.0891 e. The summed E-state index contributed by atoms with van der Waals surface area (Å²) in [5.74, 6) is 0. The molecule has 1 aliphatic carbocycles. The van der Waals surface area contributed by atoms with E-state index in [1.807, 2.05) is 6.07 Å². The highest BCUT2D eigenvalue weighted by molar-refractivity contribution is 5.10. The van der Waals surface area contributed by atoms with Gasteiger partial charge in [0.25, 0.3) is 0 Å². The zero-order valence-corrected chi connectivity index (χ0v) is 10.8. The van der Waals surface area contributed by atoms with Gasteiger partial charge in [-0.3, -0.25) is 4.98 Å². The highest BCUT2D eigenvalue weighted by Gasteiger charge is 2.17. The molecule has 0 amide bonds. The van der Waals surface area contributed by atoms with Crippen molar-refractivity contribution in [2.24, 2.45) is 0 Å². The van der Waals surface area contributed by atoms with Crippen LogP contribution in [-0.2, 0) is 17.9 Å². The van der Waals surface area contributed by atoms with E-state index in [2.05, 4.69) is 36.3 Å². The Morgan fingerprint density at radius 1 is 1.35 bits per heavy atom. The minimum atomic E-state index is 0.481. The van der Waals surface area contributed by atoms with Gasteiger partial charge < -0.3 is 10.1 Å². The third-order valence-electron chi connectivity index (χ3n) is 3.07. The molecule has 0 radical (unpaired) electrons. The first-order valence-electron chi connectivity index (χ1n) is 6.54. The van der Waals surface area contributed by atoms with E-state index in [4.69, 9.17) is 4.74 Å². The van der Waals surface area contributed by atoms with Gasteiger partial charge in [-0.2, -0.15) is 0 Å². The number of nitrogens with one attached hydrogen (secondary N) is 1. The van der Waals surface area contributed by atoms with Crippen LogP contribution < -0.4 is 5.32 Å². The molecule has 1 N–H and O–H groups in total. The number of hydrogen-bond donors (Lipinski definition) is 1. The van der Waals surface area contributed by atoms with E-state index in [9.17, 15) is 0 Å². The molecule has 1 fully saturated rings. The largest absolute Gasteiger partial charge is 0.372 e. The summed E-state index contributed by atoms with van der Waals surface area (Å²) < 4.78 is 5.76. The van der Waals surface area contributed by atoms with E-state index in [1.165, 1.54) is 19.3 Å². The smallest absolute Gasteiger partial charge is 0.0891 e. The summed E-state index contributed by atoms with van der Waals surface area (Å²) in [5.41, 5.74) is 2.13. The lowest BCUT2D eigenvalue weighted by Crippen LogP contribution is -2.23. The van der Waals surface area contributed by atoms with Crippen molar-refractivity contribution in [2.45, 2.75) is 58.4 Å².